The third-order valence-corrected chi connectivity index (χ3v) is 4.14. The Morgan fingerprint density at radius 1 is 1.36 bits per heavy atom. The quantitative estimate of drug-likeness (QED) is 0.901. The number of rotatable bonds is 5. The van der Waals surface area contributed by atoms with Crippen molar-refractivity contribution in [2.75, 3.05) is 37.7 Å². The molecule has 3 rings (SSSR count). The highest BCUT2D eigenvalue weighted by atomic mass is 32.1. The van der Waals surface area contributed by atoms with Crippen molar-refractivity contribution in [2.45, 2.75) is 6.42 Å². The third-order valence-electron chi connectivity index (χ3n) is 3.50. The maximum Gasteiger partial charge on any atom is 0.269 e. The maximum absolute atomic E-state index is 12.2. The molecule has 1 N–H and O–H groups in total. The predicted molar refractivity (Wildman–Crippen MR) is 85.4 cm³/mol. The fourth-order valence-corrected chi connectivity index (χ4v) is 2.91. The summed E-state index contributed by atoms with van der Waals surface area (Å²) in [6.45, 7) is 3.69. The summed E-state index contributed by atoms with van der Waals surface area (Å²) in [6.07, 6.45) is 2.42. The molecular formula is C15H18N4O2S. The van der Waals surface area contributed by atoms with Gasteiger partial charge < -0.3 is 15.0 Å². The number of hydrogen-bond acceptors (Lipinski definition) is 6. The number of carbonyl (C=O) groups is 1. The van der Waals surface area contributed by atoms with Crippen molar-refractivity contribution in [2.24, 2.45) is 0 Å². The van der Waals surface area contributed by atoms with Gasteiger partial charge in [-0.3, -0.25) is 9.78 Å². The van der Waals surface area contributed by atoms with Crippen molar-refractivity contribution in [3.8, 4) is 0 Å². The van der Waals surface area contributed by atoms with Gasteiger partial charge >= 0.3 is 0 Å². The lowest BCUT2D eigenvalue weighted by molar-refractivity contribution is 0.0949. The lowest BCUT2D eigenvalue weighted by Gasteiger charge is -2.28. The molecule has 116 valence electrons. The number of thiazole rings is 1. The third kappa shape index (κ3) is 3.80. The number of nitrogens with one attached hydrogen (secondary N) is 1. The standard InChI is InChI=1S/C15H18N4O2S/c20-15(17-3-1-12-10-22-11-18-12)14-9-13(2-4-16-14)19-5-7-21-8-6-19/h2,4,9-11H,1,3,5-8H2,(H,17,20). The number of nitrogens with zero attached hydrogens (tertiary/aromatic N) is 3. The first-order chi connectivity index (χ1) is 10.8. The minimum Gasteiger partial charge on any atom is -0.378 e. The Hall–Kier alpha value is -1.99. The van der Waals surface area contributed by atoms with Crippen LogP contribution in [0.25, 0.3) is 0 Å². The van der Waals surface area contributed by atoms with Crippen molar-refractivity contribution >= 4 is 22.9 Å². The van der Waals surface area contributed by atoms with Crippen molar-refractivity contribution in [1.82, 2.24) is 15.3 Å². The van der Waals surface area contributed by atoms with E-state index in [0.717, 1.165) is 44.1 Å². The first-order valence-electron chi connectivity index (χ1n) is 7.27. The number of carbonyl (C=O) groups excluding carboxylic acids is 1. The van der Waals surface area contributed by atoms with Crippen LogP contribution < -0.4 is 10.2 Å². The monoisotopic (exact) mass is 318 g/mol. The number of morpholine rings is 1. The second kappa shape index (κ2) is 7.33. The Bertz CT molecular complexity index is 612. The van der Waals surface area contributed by atoms with E-state index >= 15 is 0 Å². The molecule has 0 aromatic carbocycles. The first-order valence-corrected chi connectivity index (χ1v) is 8.21. The highest BCUT2D eigenvalue weighted by Crippen LogP contribution is 2.16. The van der Waals surface area contributed by atoms with Crippen molar-refractivity contribution in [3.05, 3.63) is 40.6 Å². The molecule has 0 unspecified atom stereocenters. The van der Waals surface area contributed by atoms with E-state index in [0.29, 0.717) is 12.2 Å². The molecule has 1 aliphatic rings. The number of hydrogen-bond donors (Lipinski definition) is 1. The number of ether oxygens (including phenoxy) is 1. The normalized spacial score (nSPS) is 14.8. The van der Waals surface area contributed by atoms with Gasteiger partial charge in [0.05, 0.1) is 24.4 Å². The van der Waals surface area contributed by atoms with Crippen LogP contribution in [0.4, 0.5) is 5.69 Å². The van der Waals surface area contributed by atoms with Crippen LogP contribution in [0.3, 0.4) is 0 Å². The van der Waals surface area contributed by atoms with E-state index < -0.39 is 0 Å². The summed E-state index contributed by atoms with van der Waals surface area (Å²) in [7, 11) is 0. The van der Waals surface area contributed by atoms with E-state index in [1.165, 1.54) is 0 Å². The summed E-state index contributed by atoms with van der Waals surface area (Å²) in [6, 6.07) is 3.76. The Morgan fingerprint density at radius 3 is 3.00 bits per heavy atom. The van der Waals surface area contributed by atoms with Gasteiger partial charge in [-0.15, -0.1) is 11.3 Å². The molecule has 0 radical (unpaired) electrons. The van der Waals surface area contributed by atoms with Gasteiger partial charge in [-0.05, 0) is 12.1 Å². The number of amides is 1. The molecule has 1 saturated heterocycles. The fourth-order valence-electron chi connectivity index (χ4n) is 2.32. The van der Waals surface area contributed by atoms with E-state index in [4.69, 9.17) is 4.74 Å². The molecule has 2 aromatic heterocycles. The minimum absolute atomic E-state index is 0.148. The molecular weight excluding hydrogens is 300 g/mol. The molecule has 2 aromatic rings. The molecule has 6 nitrogen and oxygen atoms in total. The zero-order valence-corrected chi connectivity index (χ0v) is 13.0. The fraction of sp³-hybridized carbons (Fsp3) is 0.400. The maximum atomic E-state index is 12.2. The average Bonchev–Trinajstić information content (AvgIpc) is 3.09. The zero-order chi connectivity index (χ0) is 15.2. The number of pyridine rings is 1. The molecule has 0 aliphatic carbocycles. The lowest BCUT2D eigenvalue weighted by atomic mass is 10.2. The Balaban J connectivity index is 1.57. The van der Waals surface area contributed by atoms with E-state index in [-0.39, 0.29) is 5.91 Å². The van der Waals surface area contributed by atoms with E-state index in [1.807, 2.05) is 17.5 Å². The van der Waals surface area contributed by atoms with Gasteiger partial charge in [0.1, 0.15) is 5.69 Å². The van der Waals surface area contributed by atoms with Gasteiger partial charge in [0.25, 0.3) is 5.91 Å². The van der Waals surface area contributed by atoms with Crippen LogP contribution in [0.2, 0.25) is 0 Å². The van der Waals surface area contributed by atoms with E-state index in [2.05, 4.69) is 20.2 Å². The summed E-state index contributed by atoms with van der Waals surface area (Å²) >= 11 is 1.56. The Morgan fingerprint density at radius 2 is 2.23 bits per heavy atom. The van der Waals surface area contributed by atoms with Crippen LogP contribution in [-0.2, 0) is 11.2 Å². The molecule has 22 heavy (non-hydrogen) atoms. The van der Waals surface area contributed by atoms with Crippen LogP contribution in [-0.4, -0.2) is 48.7 Å². The first kappa shape index (κ1) is 14.9. The van der Waals surface area contributed by atoms with Crippen LogP contribution in [0.5, 0.6) is 0 Å². The highest BCUT2D eigenvalue weighted by Gasteiger charge is 2.14. The summed E-state index contributed by atoms with van der Waals surface area (Å²) in [4.78, 5) is 22.7. The van der Waals surface area contributed by atoms with Crippen LogP contribution >= 0.6 is 11.3 Å². The minimum atomic E-state index is -0.148. The van der Waals surface area contributed by atoms with E-state index in [9.17, 15) is 4.79 Å². The predicted octanol–water partition coefficient (Wildman–Crippen LogP) is 1.35. The Labute approximate surface area is 133 Å². The lowest BCUT2D eigenvalue weighted by Crippen LogP contribution is -2.36. The molecule has 0 bridgehead atoms. The smallest absolute Gasteiger partial charge is 0.269 e. The molecule has 1 aliphatic heterocycles. The van der Waals surface area contributed by atoms with Crippen LogP contribution in [0.15, 0.2) is 29.2 Å². The van der Waals surface area contributed by atoms with Crippen molar-refractivity contribution in [3.63, 3.8) is 0 Å². The molecule has 0 spiro atoms. The van der Waals surface area contributed by atoms with Crippen molar-refractivity contribution in [1.29, 1.82) is 0 Å². The topological polar surface area (TPSA) is 67.4 Å². The van der Waals surface area contributed by atoms with Gasteiger partial charge in [-0.25, -0.2) is 4.98 Å². The van der Waals surface area contributed by atoms with Crippen LogP contribution in [0.1, 0.15) is 16.2 Å². The SMILES string of the molecule is O=C(NCCc1cscn1)c1cc(N2CCOCC2)ccn1. The molecule has 1 amide bonds. The second-order valence-corrected chi connectivity index (χ2v) is 5.70. The zero-order valence-electron chi connectivity index (χ0n) is 12.2. The number of aromatic nitrogens is 2. The van der Waals surface area contributed by atoms with E-state index in [1.54, 1.807) is 23.0 Å². The number of anilines is 1. The summed E-state index contributed by atoms with van der Waals surface area (Å²) in [5, 5.41) is 4.88. The van der Waals surface area contributed by atoms with Gasteiger partial charge in [-0.2, -0.15) is 0 Å². The Kier molecular flexibility index (Phi) is 4.97. The molecule has 0 atom stereocenters. The average molecular weight is 318 g/mol. The molecule has 0 saturated carbocycles. The van der Waals surface area contributed by atoms with Gasteiger partial charge in [0.2, 0.25) is 0 Å². The van der Waals surface area contributed by atoms with Gasteiger partial charge in [-0.1, -0.05) is 0 Å². The second-order valence-electron chi connectivity index (χ2n) is 4.98. The van der Waals surface area contributed by atoms with Gasteiger partial charge in [0, 0.05) is 43.3 Å². The molecule has 7 heteroatoms. The largest absolute Gasteiger partial charge is 0.378 e. The molecule has 3 heterocycles. The summed E-state index contributed by atoms with van der Waals surface area (Å²) in [5.41, 5.74) is 4.26. The highest BCUT2D eigenvalue weighted by molar-refractivity contribution is 7.07. The van der Waals surface area contributed by atoms with Crippen molar-refractivity contribution < 1.29 is 9.53 Å². The molecule has 1 fully saturated rings. The van der Waals surface area contributed by atoms with Crippen LogP contribution in [0, 0.1) is 0 Å². The summed E-state index contributed by atoms with van der Waals surface area (Å²) < 4.78 is 5.35. The van der Waals surface area contributed by atoms with Gasteiger partial charge in [0.15, 0.2) is 0 Å². The summed E-state index contributed by atoms with van der Waals surface area (Å²) in [5.74, 6) is -0.148.